The Kier molecular flexibility index (Phi) is 4.11. The molecule has 0 fully saturated rings. The van der Waals surface area contributed by atoms with Gasteiger partial charge in [0, 0.05) is 4.21 Å². The molecule has 0 heterocycles. The molecule has 0 aliphatic rings. The van der Waals surface area contributed by atoms with Crippen LogP contribution >= 0.6 is 0 Å². The van der Waals surface area contributed by atoms with Crippen molar-refractivity contribution in [1.29, 1.82) is 0 Å². The molecule has 0 aliphatic heterocycles. The van der Waals surface area contributed by atoms with Crippen molar-refractivity contribution in [2.24, 2.45) is 0 Å². The Bertz CT molecular complexity index is 44.8. The fraction of sp³-hybridized carbons (Fsp3) is 0.500. The highest BCUT2D eigenvalue weighted by atomic mass is 32.1. The summed E-state index contributed by atoms with van der Waals surface area (Å²) in [7, 11) is 0. The Morgan fingerprint density at radius 1 is 1.83 bits per heavy atom. The molecule has 0 rings (SSSR count). The van der Waals surface area contributed by atoms with Crippen LogP contribution in [0.5, 0.6) is 0 Å². The molecule has 0 radical (unpaired) electrons. The third kappa shape index (κ3) is 3.49. The van der Waals surface area contributed by atoms with Gasteiger partial charge in [0.05, 0.1) is 0 Å². The van der Waals surface area contributed by atoms with Crippen LogP contribution in [0.15, 0.2) is 0 Å². The summed E-state index contributed by atoms with van der Waals surface area (Å²) in [6, 6.07) is 0. The van der Waals surface area contributed by atoms with Crippen molar-refractivity contribution in [2.75, 3.05) is 5.94 Å². The van der Waals surface area contributed by atoms with Crippen LogP contribution in [0, 0.1) is 0 Å². The molecule has 4 heteroatoms. The predicted molar refractivity (Wildman–Crippen MR) is 20.1 cm³/mol. The number of ether oxygens (including phenoxy) is 1. The van der Waals surface area contributed by atoms with E-state index < -0.39 is 0 Å². The van der Waals surface area contributed by atoms with E-state index in [9.17, 15) is 9.00 Å². The van der Waals surface area contributed by atoms with Crippen molar-refractivity contribution in [2.45, 2.75) is 0 Å². The van der Waals surface area contributed by atoms with Gasteiger partial charge in [-0.3, -0.25) is 4.79 Å². The van der Waals surface area contributed by atoms with E-state index in [0.29, 0.717) is 0 Å². The smallest absolute Gasteiger partial charge is 0.408 e. The average molecular weight is 107 g/mol. The monoisotopic (exact) mass is 107 g/mol. The van der Waals surface area contributed by atoms with Gasteiger partial charge in [0.25, 0.3) is 6.47 Å². The van der Waals surface area contributed by atoms with Crippen LogP contribution in [0.3, 0.4) is 0 Å². The lowest BCUT2D eigenvalue weighted by Gasteiger charge is -1.68. The summed E-state index contributed by atoms with van der Waals surface area (Å²) in [5.74, 6) is -0.0938. The largest absolute Gasteiger partial charge is 0.503 e. The minimum Gasteiger partial charge on any atom is -0.408 e. The summed E-state index contributed by atoms with van der Waals surface area (Å²) in [6.45, 7) is 0.241. The summed E-state index contributed by atoms with van der Waals surface area (Å²) in [6.07, 6.45) is 0. The molecule has 0 atom stereocenters. The van der Waals surface area contributed by atoms with Crippen LogP contribution in [0.2, 0.25) is 0 Å². The van der Waals surface area contributed by atoms with Gasteiger partial charge in [-0.05, 0) is 0 Å². The molecule has 0 spiro atoms. The van der Waals surface area contributed by atoms with E-state index in [0.717, 1.165) is 0 Å². The summed E-state index contributed by atoms with van der Waals surface area (Å²) in [4.78, 5) is 9.19. The van der Waals surface area contributed by atoms with E-state index in [1.807, 2.05) is 0 Å². The molecule has 0 saturated heterocycles. The van der Waals surface area contributed by atoms with Gasteiger partial charge in [-0.1, -0.05) is 0 Å². The van der Waals surface area contributed by atoms with Crippen molar-refractivity contribution in [1.82, 2.24) is 0 Å². The first-order valence-corrected chi connectivity index (χ1v) is 2.13. The fourth-order valence-electron chi connectivity index (χ4n) is 0.0556. The number of hydrogen-bond donors (Lipinski definition) is 0. The van der Waals surface area contributed by atoms with Crippen LogP contribution in [-0.2, 0) is 25.4 Å². The molecule has 34 valence electrons. The molecule has 0 aromatic heterocycles. The number of rotatable bonds is 3. The standard InChI is InChI=1S/C2H3O3S/c3-1-5-2-6-4/h1H,2H2/q+1. The SMILES string of the molecule is O=COC[S+]=O. The van der Waals surface area contributed by atoms with E-state index in [1.165, 1.54) is 0 Å². The highest BCUT2D eigenvalue weighted by Gasteiger charge is 1.90. The van der Waals surface area contributed by atoms with E-state index in [1.54, 1.807) is 0 Å². The first kappa shape index (κ1) is 5.49. The molecule has 0 bridgehead atoms. The fourth-order valence-corrected chi connectivity index (χ4v) is 0.167. The second-order valence-corrected chi connectivity index (χ2v) is 0.970. The molecule has 0 aliphatic carbocycles. The van der Waals surface area contributed by atoms with E-state index in [2.05, 4.69) is 4.74 Å². The van der Waals surface area contributed by atoms with Crippen molar-refractivity contribution in [3.8, 4) is 0 Å². The van der Waals surface area contributed by atoms with E-state index in [4.69, 9.17) is 0 Å². The van der Waals surface area contributed by atoms with Crippen LogP contribution in [0.25, 0.3) is 0 Å². The molecule has 6 heavy (non-hydrogen) atoms. The van der Waals surface area contributed by atoms with Crippen LogP contribution in [0.4, 0.5) is 0 Å². The van der Waals surface area contributed by atoms with Gasteiger partial charge in [0.1, 0.15) is 0 Å². The molecule has 0 saturated carbocycles. The third-order valence-corrected chi connectivity index (χ3v) is 0.417. The van der Waals surface area contributed by atoms with Crippen molar-refractivity contribution in [3.05, 3.63) is 0 Å². The predicted octanol–water partition coefficient (Wildman–Crippen LogP) is -0.455. The molecular weight excluding hydrogens is 104 g/mol. The first-order valence-electron chi connectivity index (χ1n) is 1.22. The van der Waals surface area contributed by atoms with Gasteiger partial charge in [0.15, 0.2) is 0 Å². The third-order valence-electron chi connectivity index (χ3n) is 0.184. The van der Waals surface area contributed by atoms with E-state index in [-0.39, 0.29) is 24.1 Å². The Morgan fingerprint density at radius 3 is 2.67 bits per heavy atom. The Labute approximate surface area is 38.8 Å². The normalized spacial score (nSPS) is 6.67. The van der Waals surface area contributed by atoms with E-state index >= 15 is 0 Å². The summed E-state index contributed by atoms with van der Waals surface area (Å²) in [5.41, 5.74) is 0. The summed E-state index contributed by atoms with van der Waals surface area (Å²) in [5, 5.41) is 0. The van der Waals surface area contributed by atoms with Gasteiger partial charge < -0.3 is 4.74 Å². The zero-order valence-corrected chi connectivity index (χ0v) is 3.73. The molecule has 0 aromatic rings. The molecule has 3 nitrogen and oxygen atoms in total. The lowest BCUT2D eigenvalue weighted by atomic mass is 11.5. The lowest BCUT2D eigenvalue weighted by molar-refractivity contribution is -0.126. The van der Waals surface area contributed by atoms with Crippen LogP contribution in [-0.4, -0.2) is 12.4 Å². The molecule has 0 aromatic carbocycles. The molecule has 0 N–H and O–H groups in total. The number of hydrogen-bond acceptors (Lipinski definition) is 3. The summed E-state index contributed by atoms with van der Waals surface area (Å²) >= 11 is 0.223. The maximum absolute atomic E-state index is 9.32. The lowest BCUT2D eigenvalue weighted by Crippen LogP contribution is -1.85. The number of carbonyl (C=O) groups is 1. The quantitative estimate of drug-likeness (QED) is 0.212. The highest BCUT2D eigenvalue weighted by molar-refractivity contribution is 7.65. The second-order valence-electron chi connectivity index (χ2n) is 0.499. The van der Waals surface area contributed by atoms with Gasteiger partial charge in [-0.2, -0.15) is 0 Å². The summed E-state index contributed by atoms with van der Waals surface area (Å²) < 4.78 is 13.3. The zero-order valence-electron chi connectivity index (χ0n) is 2.92. The van der Waals surface area contributed by atoms with Crippen LogP contribution in [0.1, 0.15) is 0 Å². The van der Waals surface area contributed by atoms with Crippen LogP contribution < -0.4 is 0 Å². The second kappa shape index (κ2) is 4.49. The average Bonchev–Trinajstić information content (AvgIpc) is 1.61. The highest BCUT2D eigenvalue weighted by Crippen LogP contribution is 1.58. The topological polar surface area (TPSA) is 43.4 Å². The maximum Gasteiger partial charge on any atom is 0.503 e. The molecule has 0 amide bonds. The van der Waals surface area contributed by atoms with Gasteiger partial charge >= 0.3 is 17.6 Å². The minimum atomic E-state index is -0.0938. The van der Waals surface area contributed by atoms with Gasteiger partial charge in [-0.25, -0.2) is 0 Å². The Balaban J connectivity index is 2.66. The maximum atomic E-state index is 9.32. The van der Waals surface area contributed by atoms with Crippen molar-refractivity contribution in [3.63, 3.8) is 0 Å². The Morgan fingerprint density at radius 2 is 2.50 bits per heavy atom. The molecular formula is C2H3O3S+. The zero-order chi connectivity index (χ0) is 4.83. The first-order chi connectivity index (χ1) is 2.91. The number of carbonyl (C=O) groups excluding carboxylic acids is 1. The Hall–Kier alpha value is -0.510. The minimum absolute atomic E-state index is 0.0938. The van der Waals surface area contributed by atoms with Gasteiger partial charge in [0.2, 0.25) is 0 Å². The van der Waals surface area contributed by atoms with Crippen molar-refractivity contribution < 1.29 is 13.7 Å². The molecule has 0 unspecified atom stereocenters. The van der Waals surface area contributed by atoms with Gasteiger partial charge in [-0.15, -0.1) is 0 Å². The van der Waals surface area contributed by atoms with Crippen molar-refractivity contribution >= 4 is 18.1 Å².